The lowest BCUT2D eigenvalue weighted by Gasteiger charge is -2.01. The van der Waals surface area contributed by atoms with Gasteiger partial charge in [-0.1, -0.05) is 5.16 Å². The van der Waals surface area contributed by atoms with Gasteiger partial charge in [0.2, 0.25) is 5.91 Å². The second kappa shape index (κ2) is 7.44. The summed E-state index contributed by atoms with van der Waals surface area (Å²) in [6.45, 7) is 0.972. The average Bonchev–Trinajstić information content (AvgIpc) is 2.96. The summed E-state index contributed by atoms with van der Waals surface area (Å²) in [4.78, 5) is 11.7. The molecule has 112 valence electrons. The van der Waals surface area contributed by atoms with Crippen molar-refractivity contribution in [3.63, 3.8) is 0 Å². The van der Waals surface area contributed by atoms with Crippen molar-refractivity contribution in [2.75, 3.05) is 27.4 Å². The molecule has 6 heteroatoms. The second-order valence-corrected chi connectivity index (χ2v) is 4.43. The smallest absolute Gasteiger partial charge is 0.226 e. The number of methoxy groups -OCH3 is 2. The molecule has 0 aliphatic carbocycles. The third-order valence-corrected chi connectivity index (χ3v) is 2.90. The number of nitrogens with zero attached hydrogens (tertiary/aromatic N) is 1. The van der Waals surface area contributed by atoms with E-state index in [4.69, 9.17) is 14.0 Å². The van der Waals surface area contributed by atoms with E-state index < -0.39 is 0 Å². The fourth-order valence-electron chi connectivity index (χ4n) is 1.81. The number of ether oxygens (including phenoxy) is 2. The number of nitrogens with one attached hydrogen (secondary N) is 1. The van der Waals surface area contributed by atoms with Crippen LogP contribution in [0.3, 0.4) is 0 Å². The molecule has 0 aliphatic heterocycles. The number of aromatic nitrogens is 1. The minimum absolute atomic E-state index is 0.110. The number of amides is 1. The Morgan fingerprint density at radius 1 is 1.29 bits per heavy atom. The first-order valence-electron chi connectivity index (χ1n) is 6.58. The standard InChI is InChI=1S/C15H18N2O4/c1-19-8-7-16-15(18)10-12-9-14(21-17-12)11-3-5-13(20-2)6-4-11/h3-6,9H,7-8,10H2,1-2H3,(H,16,18). The number of rotatable bonds is 7. The third kappa shape index (κ3) is 4.32. The number of carbonyl (C=O) groups excluding carboxylic acids is 1. The average molecular weight is 290 g/mol. The maximum Gasteiger partial charge on any atom is 0.226 e. The Hall–Kier alpha value is -2.34. The highest BCUT2D eigenvalue weighted by atomic mass is 16.5. The molecule has 1 aromatic carbocycles. The Bertz CT molecular complexity index is 578. The fourth-order valence-corrected chi connectivity index (χ4v) is 1.81. The minimum atomic E-state index is -0.110. The minimum Gasteiger partial charge on any atom is -0.497 e. The molecule has 6 nitrogen and oxygen atoms in total. The van der Waals surface area contributed by atoms with E-state index in [1.165, 1.54) is 0 Å². The summed E-state index contributed by atoms with van der Waals surface area (Å²) in [5, 5.41) is 6.64. The van der Waals surface area contributed by atoms with Crippen molar-refractivity contribution in [2.24, 2.45) is 0 Å². The summed E-state index contributed by atoms with van der Waals surface area (Å²) in [6, 6.07) is 9.20. The lowest BCUT2D eigenvalue weighted by Crippen LogP contribution is -2.28. The quantitative estimate of drug-likeness (QED) is 0.785. The first kappa shape index (κ1) is 15.1. The molecule has 0 spiro atoms. The van der Waals surface area contributed by atoms with Crippen LogP contribution in [-0.4, -0.2) is 38.4 Å². The molecule has 0 bridgehead atoms. The summed E-state index contributed by atoms with van der Waals surface area (Å²) in [6.07, 6.45) is 0.184. The topological polar surface area (TPSA) is 73.6 Å². The van der Waals surface area contributed by atoms with Crippen molar-refractivity contribution < 1.29 is 18.8 Å². The van der Waals surface area contributed by atoms with Crippen LogP contribution in [0.15, 0.2) is 34.9 Å². The van der Waals surface area contributed by atoms with E-state index in [9.17, 15) is 4.79 Å². The van der Waals surface area contributed by atoms with E-state index in [1.54, 1.807) is 20.3 Å². The SMILES string of the molecule is COCCNC(=O)Cc1cc(-c2ccc(OC)cc2)on1. The Morgan fingerprint density at radius 2 is 2.05 bits per heavy atom. The molecule has 1 N–H and O–H groups in total. The van der Waals surface area contributed by atoms with Gasteiger partial charge in [-0.25, -0.2) is 0 Å². The molecule has 0 aliphatic rings. The van der Waals surface area contributed by atoms with E-state index in [2.05, 4.69) is 10.5 Å². The van der Waals surface area contributed by atoms with E-state index in [0.29, 0.717) is 24.6 Å². The predicted molar refractivity (Wildman–Crippen MR) is 77.1 cm³/mol. The highest BCUT2D eigenvalue weighted by molar-refractivity contribution is 5.78. The number of benzene rings is 1. The molecular formula is C15H18N2O4. The van der Waals surface area contributed by atoms with Crippen molar-refractivity contribution in [2.45, 2.75) is 6.42 Å². The Kier molecular flexibility index (Phi) is 5.34. The molecule has 1 heterocycles. The predicted octanol–water partition coefficient (Wildman–Crippen LogP) is 1.66. The van der Waals surface area contributed by atoms with E-state index in [1.807, 2.05) is 24.3 Å². The number of hydrogen-bond acceptors (Lipinski definition) is 5. The van der Waals surface area contributed by atoms with Gasteiger partial charge in [0, 0.05) is 25.3 Å². The van der Waals surface area contributed by atoms with Crippen LogP contribution in [0.5, 0.6) is 5.75 Å². The zero-order valence-electron chi connectivity index (χ0n) is 12.1. The van der Waals surface area contributed by atoms with Crippen molar-refractivity contribution in [3.05, 3.63) is 36.0 Å². The van der Waals surface area contributed by atoms with Gasteiger partial charge in [-0.2, -0.15) is 0 Å². The van der Waals surface area contributed by atoms with E-state index >= 15 is 0 Å². The molecule has 2 rings (SSSR count). The van der Waals surface area contributed by atoms with E-state index in [-0.39, 0.29) is 12.3 Å². The molecule has 0 fully saturated rings. The van der Waals surface area contributed by atoms with Gasteiger partial charge in [-0.3, -0.25) is 4.79 Å². The Balaban J connectivity index is 1.95. The van der Waals surface area contributed by atoms with Crippen LogP contribution in [0.4, 0.5) is 0 Å². The van der Waals surface area contributed by atoms with Crippen molar-refractivity contribution in [1.29, 1.82) is 0 Å². The van der Waals surface area contributed by atoms with Crippen LogP contribution in [0.2, 0.25) is 0 Å². The first-order chi connectivity index (χ1) is 10.2. The van der Waals surface area contributed by atoms with Crippen LogP contribution >= 0.6 is 0 Å². The third-order valence-electron chi connectivity index (χ3n) is 2.90. The molecular weight excluding hydrogens is 272 g/mol. The van der Waals surface area contributed by atoms with Gasteiger partial charge in [0.15, 0.2) is 5.76 Å². The summed E-state index contributed by atoms with van der Waals surface area (Å²) in [5.41, 5.74) is 1.48. The maximum atomic E-state index is 11.7. The zero-order chi connectivity index (χ0) is 15.1. The fraction of sp³-hybridized carbons (Fsp3) is 0.333. The number of hydrogen-bond donors (Lipinski definition) is 1. The normalized spacial score (nSPS) is 10.4. The molecule has 0 atom stereocenters. The summed E-state index contributed by atoms with van der Waals surface area (Å²) in [7, 11) is 3.20. The molecule has 0 saturated heterocycles. The molecule has 1 aromatic heterocycles. The van der Waals surface area contributed by atoms with Gasteiger partial charge in [0.25, 0.3) is 0 Å². The molecule has 0 radical (unpaired) electrons. The Morgan fingerprint density at radius 3 is 2.71 bits per heavy atom. The second-order valence-electron chi connectivity index (χ2n) is 4.43. The van der Waals surface area contributed by atoms with E-state index in [0.717, 1.165) is 11.3 Å². The van der Waals surface area contributed by atoms with Gasteiger partial charge in [-0.05, 0) is 24.3 Å². The van der Waals surface area contributed by atoms with Crippen LogP contribution < -0.4 is 10.1 Å². The van der Waals surface area contributed by atoms with Crippen molar-refractivity contribution in [1.82, 2.24) is 10.5 Å². The van der Waals surface area contributed by atoms with Gasteiger partial charge < -0.3 is 19.3 Å². The highest BCUT2D eigenvalue weighted by Crippen LogP contribution is 2.23. The number of carbonyl (C=O) groups is 1. The summed E-state index contributed by atoms with van der Waals surface area (Å²) in [5.74, 6) is 1.29. The summed E-state index contributed by atoms with van der Waals surface area (Å²) >= 11 is 0. The van der Waals surface area contributed by atoms with Crippen LogP contribution in [-0.2, 0) is 16.0 Å². The molecule has 1 amide bonds. The first-order valence-corrected chi connectivity index (χ1v) is 6.58. The maximum absolute atomic E-state index is 11.7. The Labute approximate surface area is 123 Å². The highest BCUT2D eigenvalue weighted by Gasteiger charge is 2.10. The monoisotopic (exact) mass is 290 g/mol. The molecule has 2 aromatic rings. The zero-order valence-corrected chi connectivity index (χ0v) is 12.1. The van der Waals surface area contributed by atoms with Gasteiger partial charge >= 0.3 is 0 Å². The largest absolute Gasteiger partial charge is 0.497 e. The molecule has 0 saturated carbocycles. The van der Waals surface area contributed by atoms with Crippen LogP contribution in [0.25, 0.3) is 11.3 Å². The van der Waals surface area contributed by atoms with Crippen molar-refractivity contribution in [3.8, 4) is 17.1 Å². The lowest BCUT2D eigenvalue weighted by molar-refractivity contribution is -0.120. The summed E-state index contributed by atoms with van der Waals surface area (Å²) < 4.78 is 15.2. The van der Waals surface area contributed by atoms with Crippen LogP contribution in [0.1, 0.15) is 5.69 Å². The van der Waals surface area contributed by atoms with Gasteiger partial charge in [0.05, 0.1) is 25.8 Å². The lowest BCUT2D eigenvalue weighted by atomic mass is 10.1. The van der Waals surface area contributed by atoms with Gasteiger partial charge in [-0.15, -0.1) is 0 Å². The molecule has 21 heavy (non-hydrogen) atoms. The van der Waals surface area contributed by atoms with Gasteiger partial charge in [0.1, 0.15) is 5.75 Å². The van der Waals surface area contributed by atoms with Crippen molar-refractivity contribution >= 4 is 5.91 Å². The van der Waals surface area contributed by atoms with Crippen LogP contribution in [0, 0.1) is 0 Å². The molecule has 0 unspecified atom stereocenters.